The molecule has 1 amide bonds. The van der Waals surface area contributed by atoms with Gasteiger partial charge in [0.2, 0.25) is 5.91 Å². The molecular formula is C15H17NO4S. The van der Waals surface area contributed by atoms with E-state index in [9.17, 15) is 9.59 Å². The Morgan fingerprint density at radius 2 is 2.29 bits per heavy atom. The van der Waals surface area contributed by atoms with Gasteiger partial charge in [-0.2, -0.15) is 0 Å². The highest BCUT2D eigenvalue weighted by atomic mass is 32.2. The zero-order chi connectivity index (χ0) is 15.2. The van der Waals surface area contributed by atoms with Crippen LogP contribution < -0.4 is 4.74 Å². The SMILES string of the molecule is COc1cccc(C2=CSCC(=O)N2CCCC(=O)O)c1. The number of ether oxygens (including phenoxy) is 1. The van der Waals surface area contributed by atoms with E-state index in [2.05, 4.69) is 0 Å². The Kier molecular flexibility index (Phi) is 5.27. The second kappa shape index (κ2) is 7.17. The van der Waals surface area contributed by atoms with E-state index in [4.69, 9.17) is 9.84 Å². The summed E-state index contributed by atoms with van der Waals surface area (Å²) >= 11 is 1.45. The Morgan fingerprint density at radius 3 is 3.00 bits per heavy atom. The number of carboxylic acid groups (broad SMARTS) is 1. The van der Waals surface area contributed by atoms with Crippen LogP contribution in [0, 0.1) is 0 Å². The molecular weight excluding hydrogens is 290 g/mol. The van der Waals surface area contributed by atoms with E-state index in [0.717, 1.165) is 17.0 Å². The third kappa shape index (κ3) is 4.01. The standard InChI is InChI=1S/C15H17NO4S/c1-20-12-5-2-4-11(8-12)13-9-21-10-14(17)16(13)7-3-6-15(18)19/h2,4-5,8-9H,3,6-7,10H2,1H3,(H,18,19). The number of carboxylic acids is 1. The summed E-state index contributed by atoms with van der Waals surface area (Å²) in [6, 6.07) is 7.50. The lowest BCUT2D eigenvalue weighted by Crippen LogP contribution is -2.34. The topological polar surface area (TPSA) is 66.8 Å². The molecule has 1 aromatic carbocycles. The highest BCUT2D eigenvalue weighted by molar-refractivity contribution is 8.03. The highest BCUT2D eigenvalue weighted by Gasteiger charge is 2.23. The molecule has 1 aliphatic rings. The molecule has 0 atom stereocenters. The fourth-order valence-corrected chi connectivity index (χ4v) is 2.91. The summed E-state index contributed by atoms with van der Waals surface area (Å²) in [5, 5.41) is 10.7. The molecule has 0 aliphatic carbocycles. The van der Waals surface area contributed by atoms with E-state index >= 15 is 0 Å². The van der Waals surface area contributed by atoms with Gasteiger partial charge in [0.15, 0.2) is 0 Å². The Balaban J connectivity index is 2.19. The lowest BCUT2D eigenvalue weighted by atomic mass is 10.1. The van der Waals surface area contributed by atoms with Gasteiger partial charge in [-0.25, -0.2) is 0 Å². The van der Waals surface area contributed by atoms with Crippen molar-refractivity contribution >= 4 is 29.3 Å². The summed E-state index contributed by atoms with van der Waals surface area (Å²) in [4.78, 5) is 24.4. The Hall–Kier alpha value is -1.95. The number of methoxy groups -OCH3 is 1. The van der Waals surface area contributed by atoms with Crippen molar-refractivity contribution in [2.75, 3.05) is 19.4 Å². The molecule has 0 aromatic heterocycles. The van der Waals surface area contributed by atoms with Gasteiger partial charge in [0.25, 0.3) is 0 Å². The summed E-state index contributed by atoms with van der Waals surface area (Å²) in [7, 11) is 1.60. The second-order valence-electron chi connectivity index (χ2n) is 4.59. The quantitative estimate of drug-likeness (QED) is 0.874. The molecule has 1 aliphatic heterocycles. The van der Waals surface area contributed by atoms with E-state index in [1.54, 1.807) is 12.0 Å². The van der Waals surface area contributed by atoms with Gasteiger partial charge in [0.1, 0.15) is 5.75 Å². The van der Waals surface area contributed by atoms with Gasteiger partial charge >= 0.3 is 5.97 Å². The van der Waals surface area contributed by atoms with E-state index in [1.807, 2.05) is 29.7 Å². The summed E-state index contributed by atoms with van der Waals surface area (Å²) in [5.41, 5.74) is 1.70. The van der Waals surface area contributed by atoms with Crippen LogP contribution in [-0.2, 0) is 9.59 Å². The number of amides is 1. The van der Waals surface area contributed by atoms with Gasteiger partial charge in [0, 0.05) is 18.5 Å². The van der Waals surface area contributed by atoms with Crippen molar-refractivity contribution in [1.82, 2.24) is 4.90 Å². The van der Waals surface area contributed by atoms with Crippen LogP contribution in [0.25, 0.3) is 5.70 Å². The van der Waals surface area contributed by atoms with E-state index in [0.29, 0.717) is 18.7 Å². The van der Waals surface area contributed by atoms with Crippen molar-refractivity contribution in [2.24, 2.45) is 0 Å². The minimum atomic E-state index is -0.847. The fourth-order valence-electron chi connectivity index (χ4n) is 2.11. The number of thioether (sulfide) groups is 1. The molecule has 0 fully saturated rings. The van der Waals surface area contributed by atoms with Crippen molar-refractivity contribution in [3.63, 3.8) is 0 Å². The predicted octanol–water partition coefficient (Wildman–Crippen LogP) is 2.43. The Morgan fingerprint density at radius 1 is 1.48 bits per heavy atom. The van der Waals surface area contributed by atoms with Crippen molar-refractivity contribution in [3.8, 4) is 5.75 Å². The van der Waals surface area contributed by atoms with Crippen molar-refractivity contribution in [2.45, 2.75) is 12.8 Å². The molecule has 0 saturated carbocycles. The van der Waals surface area contributed by atoms with Gasteiger partial charge in [0.05, 0.1) is 18.6 Å². The third-order valence-electron chi connectivity index (χ3n) is 3.13. The first-order valence-corrected chi connectivity index (χ1v) is 7.65. The molecule has 0 saturated heterocycles. The zero-order valence-electron chi connectivity index (χ0n) is 11.7. The maximum absolute atomic E-state index is 12.1. The van der Waals surface area contributed by atoms with Gasteiger partial charge in [-0.1, -0.05) is 12.1 Å². The molecule has 0 radical (unpaired) electrons. The summed E-state index contributed by atoms with van der Waals surface area (Å²) in [6.45, 7) is 0.411. The summed E-state index contributed by atoms with van der Waals surface area (Å²) < 4.78 is 5.21. The molecule has 0 bridgehead atoms. The number of carbonyl (C=O) groups is 2. The monoisotopic (exact) mass is 307 g/mol. The first-order valence-electron chi connectivity index (χ1n) is 6.60. The predicted molar refractivity (Wildman–Crippen MR) is 82.0 cm³/mol. The van der Waals surface area contributed by atoms with Crippen LogP contribution in [0.5, 0.6) is 5.75 Å². The third-order valence-corrected chi connectivity index (χ3v) is 3.94. The van der Waals surface area contributed by atoms with Gasteiger partial charge in [-0.15, -0.1) is 11.8 Å². The number of aliphatic carboxylic acids is 1. The van der Waals surface area contributed by atoms with Crippen LogP contribution >= 0.6 is 11.8 Å². The van der Waals surface area contributed by atoms with Gasteiger partial charge in [-0.3, -0.25) is 9.59 Å². The number of hydrogen-bond acceptors (Lipinski definition) is 4. The minimum absolute atomic E-state index is 0.00529. The molecule has 6 heteroatoms. The highest BCUT2D eigenvalue weighted by Crippen LogP contribution is 2.30. The normalized spacial score (nSPS) is 14.8. The minimum Gasteiger partial charge on any atom is -0.497 e. The number of benzene rings is 1. The first kappa shape index (κ1) is 15.4. The molecule has 1 heterocycles. The average molecular weight is 307 g/mol. The molecule has 0 spiro atoms. The number of rotatable bonds is 6. The van der Waals surface area contributed by atoms with E-state index < -0.39 is 5.97 Å². The average Bonchev–Trinajstić information content (AvgIpc) is 2.48. The maximum Gasteiger partial charge on any atom is 0.303 e. The molecule has 1 N–H and O–H groups in total. The van der Waals surface area contributed by atoms with E-state index in [-0.39, 0.29) is 12.3 Å². The molecule has 1 aromatic rings. The summed E-state index contributed by atoms with van der Waals surface area (Å²) in [5.74, 6) is 0.272. The van der Waals surface area contributed by atoms with Crippen molar-refractivity contribution < 1.29 is 19.4 Å². The fraction of sp³-hybridized carbons (Fsp3) is 0.333. The van der Waals surface area contributed by atoms with Gasteiger partial charge in [-0.05, 0) is 24.0 Å². The smallest absolute Gasteiger partial charge is 0.303 e. The van der Waals surface area contributed by atoms with Crippen LogP contribution in [0.1, 0.15) is 18.4 Å². The lowest BCUT2D eigenvalue weighted by molar-refractivity contribution is -0.137. The Labute approximate surface area is 127 Å². The van der Waals surface area contributed by atoms with Crippen LogP contribution in [0.15, 0.2) is 29.7 Å². The van der Waals surface area contributed by atoms with Gasteiger partial charge < -0.3 is 14.7 Å². The maximum atomic E-state index is 12.1. The summed E-state index contributed by atoms with van der Waals surface area (Å²) in [6.07, 6.45) is 0.495. The molecule has 5 nitrogen and oxygen atoms in total. The zero-order valence-corrected chi connectivity index (χ0v) is 12.6. The number of carbonyl (C=O) groups excluding carboxylic acids is 1. The van der Waals surface area contributed by atoms with Crippen LogP contribution in [0.2, 0.25) is 0 Å². The van der Waals surface area contributed by atoms with Crippen molar-refractivity contribution in [1.29, 1.82) is 0 Å². The van der Waals surface area contributed by atoms with Crippen LogP contribution in [-0.4, -0.2) is 41.3 Å². The van der Waals surface area contributed by atoms with Crippen LogP contribution in [0.3, 0.4) is 0 Å². The van der Waals surface area contributed by atoms with Crippen molar-refractivity contribution in [3.05, 3.63) is 35.2 Å². The van der Waals surface area contributed by atoms with E-state index in [1.165, 1.54) is 11.8 Å². The van der Waals surface area contributed by atoms with Crippen LogP contribution in [0.4, 0.5) is 0 Å². The molecule has 21 heavy (non-hydrogen) atoms. The molecule has 112 valence electrons. The molecule has 2 rings (SSSR count). The lowest BCUT2D eigenvalue weighted by Gasteiger charge is -2.28. The Bertz CT molecular complexity index is 571. The first-order chi connectivity index (χ1) is 10.1. The number of hydrogen-bond donors (Lipinski definition) is 1. The molecule has 0 unspecified atom stereocenters. The number of nitrogens with zero attached hydrogens (tertiary/aromatic N) is 1. The largest absolute Gasteiger partial charge is 0.497 e. The second-order valence-corrected chi connectivity index (χ2v) is 5.45.